The molecule has 2 aliphatic rings. The summed E-state index contributed by atoms with van der Waals surface area (Å²) in [7, 11) is -3.86. The number of nitrogens with one attached hydrogen (secondary N) is 1. The van der Waals surface area contributed by atoms with Crippen molar-refractivity contribution < 1.29 is 41.8 Å². The lowest BCUT2D eigenvalue weighted by Crippen LogP contribution is -2.25. The molecule has 44 heavy (non-hydrogen) atoms. The molecule has 2 fully saturated rings. The fraction of sp³-hybridized carbons (Fsp3) is 0.524. The average molecular weight is 677 g/mol. The van der Waals surface area contributed by atoms with Gasteiger partial charge in [0.05, 0.1) is 30.8 Å². The predicted octanol–water partition coefficient (Wildman–Crippen LogP) is 0.487. The molecule has 0 spiro atoms. The third-order valence-corrected chi connectivity index (χ3v) is 9.09. The van der Waals surface area contributed by atoms with E-state index in [0.717, 1.165) is 11.3 Å². The van der Waals surface area contributed by atoms with Crippen molar-refractivity contribution >= 4 is 60.1 Å². The second-order valence-electron chi connectivity index (χ2n) is 10.2. The van der Waals surface area contributed by atoms with Gasteiger partial charge in [-0.1, -0.05) is 5.21 Å². The molecule has 0 saturated carbocycles. The fourth-order valence-corrected chi connectivity index (χ4v) is 6.92. The van der Waals surface area contributed by atoms with Crippen LogP contribution in [0.25, 0.3) is 22.2 Å². The number of ether oxygens (including phenoxy) is 2. The molecule has 6 heterocycles. The molecule has 0 aliphatic carbocycles. The molecule has 4 aromatic heterocycles. The minimum Gasteiger partial charge on any atom is -0.383 e. The van der Waals surface area contributed by atoms with Crippen LogP contribution in [-0.4, -0.2) is 93.6 Å². The molecule has 8 atom stereocenters. The maximum absolute atomic E-state index is 15.1. The lowest BCUT2D eigenvalue weighted by molar-refractivity contribution is -0.0549. The second-order valence-corrected chi connectivity index (χ2v) is 14.8. The van der Waals surface area contributed by atoms with E-state index in [1.165, 1.54) is 10.9 Å². The van der Waals surface area contributed by atoms with E-state index >= 15 is 4.39 Å². The SMILES string of the molecule is CP(=O)(O)OC[C@@H]1C[C@@H](OP(O)(=S)OC[C@@H]2C[C@H](F)[C@H](n3ccc4c(N)ncnc43)O2)[C@H](n2nnc3c(=O)[nH]c(N)nc32)O1. The van der Waals surface area contributed by atoms with Crippen LogP contribution in [0.3, 0.4) is 0 Å². The Morgan fingerprint density at radius 2 is 1.89 bits per heavy atom. The lowest BCUT2D eigenvalue weighted by Gasteiger charge is -2.24. The van der Waals surface area contributed by atoms with Gasteiger partial charge in [-0.05, 0) is 17.9 Å². The Balaban J connectivity index is 1.16. The molecule has 23 heteroatoms. The van der Waals surface area contributed by atoms with Crippen LogP contribution in [0.5, 0.6) is 0 Å². The van der Waals surface area contributed by atoms with Gasteiger partial charge in [0.2, 0.25) is 5.95 Å². The topological polar surface area (TPSA) is 263 Å². The highest BCUT2D eigenvalue weighted by atomic mass is 32.5. The van der Waals surface area contributed by atoms with E-state index in [4.69, 9.17) is 46.3 Å². The molecule has 0 bridgehead atoms. The maximum Gasteiger partial charge on any atom is 0.325 e. The molecule has 19 nitrogen and oxygen atoms in total. The standard InChI is InChI=1S/C21H27FN10O9P2S/c1-42(34,35)37-6-10-5-13(20(40-10)32-17-14(29-30-32)18(33)28-21(24)27-17)41-43(36,44)38-7-9-4-12(22)19(39-9)31-3-2-11-15(23)25-8-26-16(11)31/h2-3,8-10,12-13,19-20H,4-7H2,1H3,(H,34,35)(H,36,44)(H2,23,25,26)(H3,24,27,28,33)/t9-,10-,12-,13+,19+,20+,43?/m0/s1. The largest absolute Gasteiger partial charge is 0.383 e. The van der Waals surface area contributed by atoms with E-state index in [1.807, 2.05) is 0 Å². The summed E-state index contributed by atoms with van der Waals surface area (Å²) in [4.78, 5) is 47.2. The van der Waals surface area contributed by atoms with Crippen molar-refractivity contribution in [2.45, 2.75) is 49.8 Å². The zero-order chi connectivity index (χ0) is 31.4. The quantitative estimate of drug-likeness (QED) is 0.143. The smallest absolute Gasteiger partial charge is 0.325 e. The minimum atomic E-state index is -4.05. The molecular formula is C21H27FN10O9P2S. The van der Waals surface area contributed by atoms with Crippen molar-refractivity contribution in [3.63, 3.8) is 0 Å². The molecule has 2 aliphatic heterocycles. The Morgan fingerprint density at radius 1 is 1.16 bits per heavy atom. The van der Waals surface area contributed by atoms with Crippen LogP contribution in [0.15, 0.2) is 23.4 Å². The fourth-order valence-electron chi connectivity index (χ4n) is 5.01. The summed E-state index contributed by atoms with van der Waals surface area (Å²) < 4.78 is 57.5. The van der Waals surface area contributed by atoms with Gasteiger partial charge < -0.3 is 48.9 Å². The highest BCUT2D eigenvalue weighted by molar-refractivity contribution is 8.07. The van der Waals surface area contributed by atoms with Gasteiger partial charge in [0, 0.05) is 25.7 Å². The summed E-state index contributed by atoms with van der Waals surface area (Å²) in [6, 6.07) is 1.66. The number of H-pyrrole nitrogens is 1. The van der Waals surface area contributed by atoms with Crippen molar-refractivity contribution in [3.8, 4) is 0 Å². The normalized spacial score (nSPS) is 28.5. The van der Waals surface area contributed by atoms with Gasteiger partial charge >= 0.3 is 14.3 Å². The number of alkyl halides is 1. The highest BCUT2D eigenvalue weighted by Crippen LogP contribution is 2.50. The first kappa shape index (κ1) is 31.0. The van der Waals surface area contributed by atoms with Gasteiger partial charge in [0.15, 0.2) is 23.6 Å². The predicted molar refractivity (Wildman–Crippen MR) is 153 cm³/mol. The van der Waals surface area contributed by atoms with E-state index < -0.39 is 56.8 Å². The Kier molecular flexibility index (Phi) is 8.29. The first-order chi connectivity index (χ1) is 20.8. The first-order valence-electron chi connectivity index (χ1n) is 13.0. The number of fused-ring (bicyclic) bond motifs is 2. The molecule has 2 unspecified atom stereocenters. The van der Waals surface area contributed by atoms with Gasteiger partial charge in [-0.15, -0.1) is 5.10 Å². The molecular weight excluding hydrogens is 649 g/mol. The van der Waals surface area contributed by atoms with Crippen LogP contribution in [0.4, 0.5) is 16.2 Å². The van der Waals surface area contributed by atoms with Crippen LogP contribution in [0.2, 0.25) is 0 Å². The number of rotatable bonds is 10. The Morgan fingerprint density at radius 3 is 2.66 bits per heavy atom. The third kappa shape index (κ3) is 6.38. The van der Waals surface area contributed by atoms with E-state index in [9.17, 15) is 19.1 Å². The Bertz CT molecular complexity index is 1850. The van der Waals surface area contributed by atoms with Crippen LogP contribution in [0.1, 0.15) is 25.3 Å². The number of hydrogen-bond acceptors (Lipinski definition) is 15. The van der Waals surface area contributed by atoms with Crippen LogP contribution in [0, 0.1) is 0 Å². The van der Waals surface area contributed by atoms with Crippen LogP contribution in [-0.2, 0) is 39.4 Å². The Labute approximate surface area is 251 Å². The van der Waals surface area contributed by atoms with Gasteiger partial charge in [0.1, 0.15) is 30.1 Å². The molecule has 238 valence electrons. The number of nitrogens with zero attached hydrogens (tertiary/aromatic N) is 7. The zero-order valence-corrected chi connectivity index (χ0v) is 25.3. The summed E-state index contributed by atoms with van der Waals surface area (Å²) in [5.41, 5.74) is 11.1. The molecule has 4 aromatic rings. The maximum atomic E-state index is 15.1. The average Bonchev–Trinajstić information content (AvgIpc) is 3.71. The summed E-state index contributed by atoms with van der Waals surface area (Å²) in [5, 5.41) is 8.29. The third-order valence-electron chi connectivity index (χ3n) is 6.87. The van der Waals surface area contributed by atoms with Crippen LogP contribution >= 0.6 is 14.3 Å². The van der Waals surface area contributed by atoms with Crippen molar-refractivity contribution in [1.82, 2.24) is 39.5 Å². The summed E-state index contributed by atoms with van der Waals surface area (Å²) >= 11 is 5.24. The number of hydrogen-bond donors (Lipinski definition) is 5. The van der Waals surface area contributed by atoms with E-state index in [2.05, 4.69) is 30.2 Å². The van der Waals surface area contributed by atoms with E-state index in [1.54, 1.807) is 12.3 Å². The van der Waals surface area contributed by atoms with E-state index in [-0.39, 0.29) is 49.0 Å². The first-order valence-corrected chi connectivity index (χ1v) is 17.6. The van der Waals surface area contributed by atoms with Crippen molar-refractivity contribution in [2.24, 2.45) is 0 Å². The molecule has 6 rings (SSSR count). The molecule has 7 N–H and O–H groups in total. The minimum absolute atomic E-state index is 0.00670. The summed E-state index contributed by atoms with van der Waals surface area (Å²) in [6.45, 7) is -3.67. The van der Waals surface area contributed by atoms with E-state index in [0.29, 0.717) is 11.0 Å². The number of anilines is 2. The van der Waals surface area contributed by atoms with Gasteiger partial charge in [-0.3, -0.25) is 14.3 Å². The number of halogens is 1. The van der Waals surface area contributed by atoms with Gasteiger partial charge in [0.25, 0.3) is 5.56 Å². The molecule has 0 radical (unpaired) electrons. The number of nitrogen functional groups attached to an aromatic ring is 2. The van der Waals surface area contributed by atoms with Gasteiger partial charge in [-0.2, -0.15) is 9.67 Å². The number of nitrogens with two attached hydrogens (primary N) is 2. The van der Waals surface area contributed by atoms with Crippen molar-refractivity contribution in [1.29, 1.82) is 0 Å². The van der Waals surface area contributed by atoms with Crippen LogP contribution < -0.4 is 17.0 Å². The summed E-state index contributed by atoms with van der Waals surface area (Å²) in [5.74, 6) is 0.0298. The number of aromatic nitrogens is 8. The molecule has 0 amide bonds. The summed E-state index contributed by atoms with van der Waals surface area (Å²) in [6.07, 6.45) is -3.60. The van der Waals surface area contributed by atoms with Crippen molar-refractivity contribution in [3.05, 3.63) is 28.9 Å². The Hall–Kier alpha value is -2.97. The van der Waals surface area contributed by atoms with Crippen molar-refractivity contribution in [2.75, 3.05) is 31.3 Å². The zero-order valence-electron chi connectivity index (χ0n) is 22.7. The van der Waals surface area contributed by atoms with Gasteiger partial charge in [-0.25, -0.2) is 14.4 Å². The second kappa shape index (κ2) is 11.8. The number of aromatic amines is 1. The molecule has 2 saturated heterocycles. The highest BCUT2D eigenvalue weighted by Gasteiger charge is 2.44. The lowest BCUT2D eigenvalue weighted by atomic mass is 10.2. The monoisotopic (exact) mass is 676 g/mol. The molecule has 0 aromatic carbocycles.